The number of nitriles is 1. The number of aromatic nitrogens is 1. The van der Waals surface area contributed by atoms with E-state index in [0.717, 1.165) is 19.3 Å². The van der Waals surface area contributed by atoms with Gasteiger partial charge in [-0.25, -0.2) is 4.98 Å². The summed E-state index contributed by atoms with van der Waals surface area (Å²) in [7, 11) is 0. The highest BCUT2D eigenvalue weighted by molar-refractivity contribution is 5.38. The Morgan fingerprint density at radius 2 is 2.44 bits per heavy atom. The first-order valence-electron chi connectivity index (χ1n) is 6.45. The average Bonchev–Trinajstić information content (AvgIpc) is 2.37. The van der Waals surface area contributed by atoms with Crippen LogP contribution in [0.4, 0.5) is 5.82 Å². The van der Waals surface area contributed by atoms with Crippen molar-refractivity contribution in [1.82, 2.24) is 4.98 Å². The maximum Gasteiger partial charge on any atom is 0.142 e. The normalized spacial score (nSPS) is 27.5. The number of nitrogens with one attached hydrogen (secondary N) is 1. The van der Waals surface area contributed by atoms with Gasteiger partial charge in [0.05, 0.1) is 5.60 Å². The van der Waals surface area contributed by atoms with Crippen LogP contribution in [-0.4, -0.2) is 22.2 Å². The lowest BCUT2D eigenvalue weighted by Gasteiger charge is -2.35. The second-order valence-electron chi connectivity index (χ2n) is 5.30. The minimum atomic E-state index is -0.637. The zero-order valence-corrected chi connectivity index (χ0v) is 10.7. The fourth-order valence-electron chi connectivity index (χ4n) is 2.64. The van der Waals surface area contributed by atoms with E-state index in [9.17, 15) is 5.11 Å². The number of anilines is 1. The first-order valence-corrected chi connectivity index (χ1v) is 6.45. The number of hydrogen-bond acceptors (Lipinski definition) is 4. The van der Waals surface area contributed by atoms with Gasteiger partial charge in [-0.2, -0.15) is 5.26 Å². The quantitative estimate of drug-likeness (QED) is 0.857. The summed E-state index contributed by atoms with van der Waals surface area (Å²) in [5.74, 6) is 1.23. The molecule has 96 valence electrons. The number of rotatable bonds is 3. The molecular weight excluding hydrogens is 226 g/mol. The molecule has 0 radical (unpaired) electrons. The highest BCUT2D eigenvalue weighted by atomic mass is 16.3. The second-order valence-corrected chi connectivity index (χ2v) is 5.30. The minimum absolute atomic E-state index is 0.393. The van der Waals surface area contributed by atoms with E-state index in [2.05, 4.69) is 17.2 Å². The van der Waals surface area contributed by atoms with E-state index in [1.165, 1.54) is 6.42 Å². The fraction of sp³-hybridized carbons (Fsp3) is 0.571. The highest BCUT2D eigenvalue weighted by Crippen LogP contribution is 2.32. The molecule has 1 aromatic rings. The summed E-state index contributed by atoms with van der Waals surface area (Å²) in [4.78, 5) is 4.14. The van der Waals surface area contributed by atoms with E-state index in [0.29, 0.717) is 24.0 Å². The first kappa shape index (κ1) is 12.8. The van der Waals surface area contributed by atoms with Gasteiger partial charge >= 0.3 is 0 Å². The molecule has 2 rings (SSSR count). The number of pyridine rings is 1. The van der Waals surface area contributed by atoms with Crippen LogP contribution in [0.15, 0.2) is 18.2 Å². The molecule has 1 fully saturated rings. The molecule has 1 aromatic heterocycles. The molecule has 0 aliphatic heterocycles. The zero-order chi connectivity index (χ0) is 13.0. The maximum absolute atomic E-state index is 10.5. The van der Waals surface area contributed by atoms with Gasteiger partial charge in [-0.3, -0.25) is 0 Å². The number of hydrogen-bond donors (Lipinski definition) is 2. The van der Waals surface area contributed by atoms with Crippen LogP contribution in [0.3, 0.4) is 0 Å². The zero-order valence-electron chi connectivity index (χ0n) is 10.7. The molecule has 0 spiro atoms. The van der Waals surface area contributed by atoms with E-state index < -0.39 is 5.60 Å². The van der Waals surface area contributed by atoms with E-state index in [-0.39, 0.29) is 0 Å². The Hall–Kier alpha value is -1.60. The van der Waals surface area contributed by atoms with E-state index in [1.807, 2.05) is 12.1 Å². The predicted molar refractivity (Wildman–Crippen MR) is 70.0 cm³/mol. The standard InChI is InChI=1S/C14H19N3O/c1-11-4-3-7-14(18,8-11)10-16-13-6-2-5-12(9-15)17-13/h2,5-6,11,18H,3-4,7-8,10H2,1H3,(H,16,17). The van der Waals surface area contributed by atoms with Gasteiger partial charge in [0.1, 0.15) is 17.6 Å². The van der Waals surface area contributed by atoms with Crippen molar-refractivity contribution in [1.29, 1.82) is 5.26 Å². The third-order valence-electron chi connectivity index (χ3n) is 3.53. The first-order chi connectivity index (χ1) is 8.61. The van der Waals surface area contributed by atoms with Gasteiger partial charge in [0.25, 0.3) is 0 Å². The van der Waals surface area contributed by atoms with Gasteiger partial charge in [0.15, 0.2) is 0 Å². The molecule has 1 heterocycles. The summed E-state index contributed by atoms with van der Waals surface area (Å²) in [5.41, 5.74) is -0.244. The average molecular weight is 245 g/mol. The molecule has 0 saturated heterocycles. The van der Waals surface area contributed by atoms with Crippen molar-refractivity contribution in [2.75, 3.05) is 11.9 Å². The Labute approximate surface area is 108 Å². The Morgan fingerprint density at radius 3 is 3.17 bits per heavy atom. The molecule has 1 saturated carbocycles. The summed E-state index contributed by atoms with van der Waals surface area (Å²) in [6.45, 7) is 2.68. The van der Waals surface area contributed by atoms with E-state index in [4.69, 9.17) is 5.26 Å². The highest BCUT2D eigenvalue weighted by Gasteiger charge is 2.32. The Kier molecular flexibility index (Phi) is 3.83. The van der Waals surface area contributed by atoms with Crippen molar-refractivity contribution in [2.24, 2.45) is 5.92 Å². The monoisotopic (exact) mass is 245 g/mol. The van der Waals surface area contributed by atoms with Crippen molar-refractivity contribution in [3.8, 4) is 6.07 Å². The molecule has 18 heavy (non-hydrogen) atoms. The van der Waals surface area contributed by atoms with Gasteiger partial charge in [0, 0.05) is 6.54 Å². The van der Waals surface area contributed by atoms with Crippen LogP contribution in [0.2, 0.25) is 0 Å². The molecule has 0 amide bonds. The lowest BCUT2D eigenvalue weighted by atomic mass is 9.79. The minimum Gasteiger partial charge on any atom is -0.388 e. The Morgan fingerprint density at radius 1 is 1.61 bits per heavy atom. The smallest absolute Gasteiger partial charge is 0.142 e. The molecule has 2 N–H and O–H groups in total. The molecule has 1 aliphatic carbocycles. The molecule has 4 heteroatoms. The third kappa shape index (κ3) is 3.21. The summed E-state index contributed by atoms with van der Waals surface area (Å²) >= 11 is 0. The van der Waals surface area contributed by atoms with Gasteiger partial charge in [-0.1, -0.05) is 25.8 Å². The van der Waals surface area contributed by atoms with Crippen molar-refractivity contribution in [3.05, 3.63) is 23.9 Å². The SMILES string of the molecule is CC1CCCC(O)(CNc2cccc(C#N)n2)C1. The van der Waals surface area contributed by atoms with Crippen molar-refractivity contribution in [3.63, 3.8) is 0 Å². The lowest BCUT2D eigenvalue weighted by Crippen LogP contribution is -2.41. The van der Waals surface area contributed by atoms with Crippen LogP contribution in [0.5, 0.6) is 0 Å². The van der Waals surface area contributed by atoms with Crippen molar-refractivity contribution >= 4 is 5.82 Å². The summed E-state index contributed by atoms with van der Waals surface area (Å²) < 4.78 is 0. The van der Waals surface area contributed by atoms with Crippen LogP contribution >= 0.6 is 0 Å². The van der Waals surface area contributed by atoms with Gasteiger partial charge in [-0.05, 0) is 30.9 Å². The molecule has 0 aromatic carbocycles. The van der Waals surface area contributed by atoms with Crippen LogP contribution in [0.25, 0.3) is 0 Å². The van der Waals surface area contributed by atoms with E-state index in [1.54, 1.807) is 12.1 Å². The fourth-order valence-corrected chi connectivity index (χ4v) is 2.64. The molecule has 4 nitrogen and oxygen atoms in total. The van der Waals surface area contributed by atoms with Crippen LogP contribution in [-0.2, 0) is 0 Å². The summed E-state index contributed by atoms with van der Waals surface area (Å²) in [6, 6.07) is 7.29. The van der Waals surface area contributed by atoms with Crippen LogP contribution in [0, 0.1) is 17.2 Å². The maximum atomic E-state index is 10.5. The number of nitrogens with zero attached hydrogens (tertiary/aromatic N) is 2. The molecular formula is C14H19N3O. The molecule has 1 aliphatic rings. The Bertz CT molecular complexity index is 455. The molecule has 2 atom stereocenters. The summed E-state index contributed by atoms with van der Waals surface area (Å²) in [5, 5.41) is 22.4. The van der Waals surface area contributed by atoms with Gasteiger partial charge < -0.3 is 10.4 Å². The van der Waals surface area contributed by atoms with E-state index >= 15 is 0 Å². The second kappa shape index (κ2) is 5.36. The van der Waals surface area contributed by atoms with Gasteiger partial charge in [0.2, 0.25) is 0 Å². The van der Waals surface area contributed by atoms with Gasteiger partial charge in [-0.15, -0.1) is 0 Å². The molecule has 0 bridgehead atoms. The number of aliphatic hydroxyl groups is 1. The predicted octanol–water partition coefficient (Wildman–Crippen LogP) is 2.31. The summed E-state index contributed by atoms with van der Waals surface area (Å²) in [6.07, 6.45) is 3.94. The Balaban J connectivity index is 1.96. The topological polar surface area (TPSA) is 68.9 Å². The van der Waals surface area contributed by atoms with Crippen molar-refractivity contribution in [2.45, 2.75) is 38.2 Å². The third-order valence-corrected chi connectivity index (χ3v) is 3.53. The van der Waals surface area contributed by atoms with Crippen LogP contribution in [0.1, 0.15) is 38.3 Å². The molecule has 2 unspecified atom stereocenters. The van der Waals surface area contributed by atoms with Crippen LogP contribution < -0.4 is 5.32 Å². The van der Waals surface area contributed by atoms with Crippen molar-refractivity contribution < 1.29 is 5.11 Å². The largest absolute Gasteiger partial charge is 0.388 e. The lowest BCUT2D eigenvalue weighted by molar-refractivity contribution is -0.000826.